The Morgan fingerprint density at radius 2 is 0.361 bits per heavy atom. The predicted molar refractivity (Wildman–Crippen MR) is 599 cm³/mol. The van der Waals surface area contributed by atoms with Crippen LogP contribution in [-0.4, -0.2) is 17.6 Å². The van der Waals surface area contributed by atoms with Crippen molar-refractivity contribution in [2.75, 3.05) is 19.6 Å². The van der Waals surface area contributed by atoms with Gasteiger partial charge in [-0.15, -0.1) is 0 Å². The van der Waals surface area contributed by atoms with Crippen LogP contribution in [0.3, 0.4) is 0 Å². The van der Waals surface area contributed by atoms with Crippen LogP contribution in [0.5, 0.6) is 0 Å². The van der Waals surface area contributed by atoms with Gasteiger partial charge in [0.05, 0.1) is 100 Å². The van der Waals surface area contributed by atoms with Crippen molar-refractivity contribution in [3.05, 3.63) is 461 Å². The molecule has 0 aliphatic carbocycles. The van der Waals surface area contributed by atoms with E-state index in [1.54, 1.807) is 0 Å². The molecule has 668 valence electrons. The molecule has 12 heterocycles. The van der Waals surface area contributed by atoms with Gasteiger partial charge in [-0.3, -0.25) is 0 Å². The van der Waals surface area contributed by atoms with Crippen molar-refractivity contribution >= 4 is 308 Å². The molecule has 0 fully saturated rings. The molecule has 22 aromatic carbocycles. The summed E-state index contributed by atoms with van der Waals surface area (Å²) >= 11 is 0. The van der Waals surface area contributed by atoms with Gasteiger partial charge in [-0.25, -0.2) is 0 Å². The molecular weight excluding hydrogens is 1760 g/mol. The highest BCUT2D eigenvalue weighted by Crippen LogP contribution is 2.57. The number of rotatable bonds is 12. The van der Waals surface area contributed by atoms with E-state index >= 15 is 0 Å². The monoisotopic (exact) mass is 1840 g/mol. The fourth-order valence-electron chi connectivity index (χ4n) is 25.3. The zero-order chi connectivity index (χ0) is 93.5. The first-order valence-electron chi connectivity index (χ1n) is 49.2. The van der Waals surface area contributed by atoms with Crippen LogP contribution in [0, 0.1) is 0 Å². The number of aromatic nitrogens is 4. The summed E-state index contributed by atoms with van der Waals surface area (Å²) in [6, 6.07) is 167. The summed E-state index contributed by atoms with van der Waals surface area (Å²) in [5.74, 6) is 0. The fourth-order valence-corrected chi connectivity index (χ4v) is 25.3. The lowest BCUT2D eigenvalue weighted by Crippen LogP contribution is -2.10. The second kappa shape index (κ2) is 29.0. The first-order valence-corrected chi connectivity index (χ1v) is 49.2. The normalized spacial score (nSPS) is 12.4. The summed E-state index contributed by atoms with van der Waals surface area (Å²) < 4.78 is 36.5. The SMILES string of the molecule is c1ccc(N(c2ccc3c(c2)oc2ccccc23)c2cccc3c2c2cccc4c5cc6c(cc5n3c42)c2cccc3c4c(N(c5ccccc5)c5ccc7c(c5)oc5ccccc57)cccc4n6c23)cc1.c1ccc(N(c2cccc3c2oc2ccccc23)c2cccc3c2c2cccc4c5cc6c(cc5n3c42)c2cccc3c4c(N(c5ccccc5)c5cccc7c5oc5ccccc57)cccc4n6c23)cc1. The Kier molecular flexibility index (Phi) is 15.6. The zero-order valence-electron chi connectivity index (χ0n) is 77.1. The highest BCUT2D eigenvalue weighted by Gasteiger charge is 2.34. The molecule has 0 aliphatic rings. The molecule has 0 amide bonds. The Bertz CT molecular complexity index is 10800. The van der Waals surface area contributed by atoms with Crippen LogP contribution >= 0.6 is 0 Å². The molecule has 0 atom stereocenters. The van der Waals surface area contributed by atoms with Crippen LogP contribution in [0.4, 0.5) is 68.2 Å². The summed E-state index contributed by atoms with van der Waals surface area (Å²) in [5.41, 5.74) is 34.2. The third kappa shape index (κ3) is 10.5. The zero-order valence-corrected chi connectivity index (χ0v) is 77.1. The van der Waals surface area contributed by atoms with E-state index < -0.39 is 0 Å². The van der Waals surface area contributed by atoms with E-state index in [0.717, 1.165) is 167 Å². The van der Waals surface area contributed by atoms with E-state index in [1.807, 2.05) is 36.4 Å². The van der Waals surface area contributed by atoms with Crippen molar-refractivity contribution < 1.29 is 17.7 Å². The average Bonchev–Trinajstić information content (AvgIpc) is 1.57. The van der Waals surface area contributed by atoms with Crippen molar-refractivity contribution in [3.8, 4) is 0 Å². The molecule has 12 nitrogen and oxygen atoms in total. The Hall–Kier alpha value is -19.6. The summed E-state index contributed by atoms with van der Waals surface area (Å²) in [4.78, 5) is 9.55. The Balaban J connectivity index is 0.000000127. The molecular formula is C132H76N8O4. The largest absolute Gasteiger partial charge is 0.456 e. The average molecular weight is 1840 g/mol. The first-order chi connectivity index (χ1) is 71.5. The molecule has 144 heavy (non-hydrogen) atoms. The van der Waals surface area contributed by atoms with Crippen LogP contribution in [0.2, 0.25) is 0 Å². The number of benzene rings is 22. The van der Waals surface area contributed by atoms with Crippen molar-refractivity contribution in [1.82, 2.24) is 17.6 Å². The summed E-state index contributed by atoms with van der Waals surface area (Å²) in [5, 5.41) is 28.5. The number of furan rings is 4. The maximum atomic E-state index is 6.73. The van der Waals surface area contributed by atoms with Gasteiger partial charge < -0.3 is 54.9 Å². The molecule has 34 rings (SSSR count). The van der Waals surface area contributed by atoms with E-state index in [0.29, 0.717) is 0 Å². The van der Waals surface area contributed by atoms with E-state index in [-0.39, 0.29) is 0 Å². The van der Waals surface area contributed by atoms with Gasteiger partial charge in [0.15, 0.2) is 11.2 Å². The van der Waals surface area contributed by atoms with Crippen molar-refractivity contribution in [1.29, 1.82) is 0 Å². The number of fused-ring (bicyclic) bond motifs is 36. The van der Waals surface area contributed by atoms with Crippen LogP contribution in [0.25, 0.3) is 240 Å². The van der Waals surface area contributed by atoms with Crippen LogP contribution in [0.1, 0.15) is 0 Å². The van der Waals surface area contributed by atoms with Crippen LogP contribution in [0.15, 0.2) is 479 Å². The lowest BCUT2D eigenvalue weighted by molar-refractivity contribution is 0.668. The van der Waals surface area contributed by atoms with E-state index in [4.69, 9.17) is 17.7 Å². The van der Waals surface area contributed by atoms with Gasteiger partial charge in [-0.05, 0) is 182 Å². The van der Waals surface area contributed by atoms with E-state index in [1.165, 1.54) is 141 Å². The van der Waals surface area contributed by atoms with E-state index in [2.05, 4.69) is 462 Å². The molecule has 0 saturated carbocycles. The third-order valence-electron chi connectivity index (χ3n) is 31.0. The minimum absolute atomic E-state index is 0.867. The maximum absolute atomic E-state index is 6.73. The minimum Gasteiger partial charge on any atom is -0.456 e. The highest BCUT2D eigenvalue weighted by atomic mass is 16.3. The van der Waals surface area contributed by atoms with E-state index in [9.17, 15) is 0 Å². The molecule has 34 aromatic rings. The number of anilines is 12. The lowest BCUT2D eigenvalue weighted by Gasteiger charge is -2.26. The van der Waals surface area contributed by atoms with Crippen molar-refractivity contribution in [3.63, 3.8) is 0 Å². The first kappa shape index (κ1) is 77.5. The van der Waals surface area contributed by atoms with Crippen LogP contribution in [-0.2, 0) is 0 Å². The van der Waals surface area contributed by atoms with Gasteiger partial charge in [0.25, 0.3) is 0 Å². The number of hydrogen-bond acceptors (Lipinski definition) is 8. The number of hydrogen-bond donors (Lipinski definition) is 0. The highest BCUT2D eigenvalue weighted by molar-refractivity contribution is 6.35. The fraction of sp³-hybridized carbons (Fsp3) is 0. The van der Waals surface area contributed by atoms with Gasteiger partial charge in [-0.2, -0.15) is 0 Å². The Morgan fingerprint density at radius 1 is 0.132 bits per heavy atom. The second-order valence-corrected chi connectivity index (χ2v) is 38.4. The topological polar surface area (TPSA) is 83.2 Å². The molecule has 0 saturated heterocycles. The molecule has 0 spiro atoms. The molecule has 12 aromatic heterocycles. The smallest absolute Gasteiger partial charge is 0.159 e. The Labute approximate surface area is 818 Å². The molecule has 0 bridgehead atoms. The lowest BCUT2D eigenvalue weighted by atomic mass is 10.0. The number of nitrogens with zero attached hydrogens (tertiary/aromatic N) is 8. The third-order valence-corrected chi connectivity index (χ3v) is 31.0. The second-order valence-electron chi connectivity index (χ2n) is 38.4. The van der Waals surface area contributed by atoms with Gasteiger partial charge in [-0.1, -0.05) is 267 Å². The maximum Gasteiger partial charge on any atom is 0.159 e. The van der Waals surface area contributed by atoms with Gasteiger partial charge in [0, 0.05) is 176 Å². The molecule has 12 heteroatoms. The predicted octanol–water partition coefficient (Wildman–Crippen LogP) is 37.5. The summed E-state index contributed by atoms with van der Waals surface area (Å²) in [6.45, 7) is 0. The van der Waals surface area contributed by atoms with Gasteiger partial charge >= 0.3 is 0 Å². The van der Waals surface area contributed by atoms with Crippen molar-refractivity contribution in [2.45, 2.75) is 0 Å². The summed E-state index contributed by atoms with van der Waals surface area (Å²) in [6.07, 6.45) is 0. The molecule has 0 N–H and O–H groups in total. The Morgan fingerprint density at radius 3 is 0.681 bits per heavy atom. The molecule has 0 aliphatic heterocycles. The standard InChI is InChI=1S/2C66H38N4O2/c1-3-17-39(18-4-1)67(55-33-13-25-45-41-21-7-9-35-59(41)71-65(45)55)51-29-15-31-53-61(51)47-27-11-23-43-49-38-58-50(37-57(49)69(53)63(43)47)44-24-12-28-48-62-52(30-16-32-54(62)70(58)64(44)48)68(40-19-5-2-6-20-40)56-34-14-26-46-42-22-8-10-36-60(42)72-66(46)56;1-3-15-39(16-4-1)67(41-31-33-45-43-19-7-9-29-59(43)71-61(45)35-41)53-25-13-27-55-63(53)49-23-11-21-47-51-38-58-52(37-57(51)69(55)65(47)49)48-22-12-24-50-64-54(26-14-28-56(64)70(58)66(48)50)68(40-17-5-2-6-18-40)42-32-34-46-44-20-8-10-30-60(44)72-62(46)36-42/h2*1-38H. The van der Waals surface area contributed by atoms with Crippen molar-refractivity contribution in [2.24, 2.45) is 0 Å². The molecule has 0 radical (unpaired) electrons. The molecule has 0 unspecified atom stereocenters. The van der Waals surface area contributed by atoms with Gasteiger partial charge in [0.1, 0.15) is 33.5 Å². The summed E-state index contributed by atoms with van der Waals surface area (Å²) in [7, 11) is 0. The van der Waals surface area contributed by atoms with Gasteiger partial charge in [0.2, 0.25) is 0 Å². The minimum atomic E-state index is 0.867. The number of para-hydroxylation sites is 14. The quantitative estimate of drug-likeness (QED) is 0.120. The van der Waals surface area contributed by atoms with Crippen LogP contribution < -0.4 is 19.6 Å².